The number of nitrogens with one attached hydrogen (secondary N) is 1. The lowest BCUT2D eigenvalue weighted by molar-refractivity contribution is -0.136. The minimum absolute atomic E-state index is 0.0740. The van der Waals surface area contributed by atoms with Crippen molar-refractivity contribution in [2.75, 3.05) is 25.5 Å². The molecule has 1 aliphatic heterocycles. The molecule has 1 aliphatic rings. The molecular weight excluding hydrogens is 502 g/mol. The zero-order chi connectivity index (χ0) is 26.0. The topological polar surface area (TPSA) is 124 Å². The predicted molar refractivity (Wildman–Crippen MR) is 139 cm³/mol. The van der Waals surface area contributed by atoms with Crippen LogP contribution in [0, 0.1) is 0 Å². The van der Waals surface area contributed by atoms with E-state index in [0.717, 1.165) is 15.1 Å². The number of rotatable bonds is 7. The number of fused-ring (bicyclic) bond motifs is 1. The summed E-state index contributed by atoms with van der Waals surface area (Å²) in [5.74, 6) is -2.09. The molecule has 0 aromatic heterocycles. The summed E-state index contributed by atoms with van der Waals surface area (Å²) < 4.78 is 28.2. The number of hydrogen-bond acceptors (Lipinski definition) is 6. The highest BCUT2D eigenvalue weighted by Gasteiger charge is 2.44. The van der Waals surface area contributed by atoms with E-state index in [1.165, 1.54) is 42.3 Å². The van der Waals surface area contributed by atoms with Crippen LogP contribution in [0.3, 0.4) is 0 Å². The van der Waals surface area contributed by atoms with E-state index in [-0.39, 0.29) is 35.2 Å². The number of hydrogen-bond donors (Lipinski definition) is 3. The first-order valence-corrected chi connectivity index (χ1v) is 13.1. The number of nitrogens with zero attached hydrogens (tertiary/aromatic N) is 2. The van der Waals surface area contributed by atoms with Gasteiger partial charge in [-0.15, -0.1) is 0 Å². The Labute approximate surface area is 214 Å². The molecule has 0 saturated carbocycles. The number of carbonyl (C=O) groups is 3. The Bertz CT molecular complexity index is 1430. The molecule has 0 aliphatic carbocycles. The van der Waals surface area contributed by atoms with Crippen LogP contribution in [0.5, 0.6) is 0 Å². The van der Waals surface area contributed by atoms with Gasteiger partial charge in [0, 0.05) is 24.5 Å². The van der Waals surface area contributed by atoms with Gasteiger partial charge in [-0.25, -0.2) is 13.2 Å². The van der Waals surface area contributed by atoms with Crippen molar-refractivity contribution in [2.24, 2.45) is 0 Å². The van der Waals surface area contributed by atoms with Crippen LogP contribution in [0.15, 0.2) is 71.6 Å². The molecule has 0 bridgehead atoms. The molecular formula is C25H25N3O6S2. The zero-order valence-electron chi connectivity index (χ0n) is 19.4. The van der Waals surface area contributed by atoms with Gasteiger partial charge in [0.15, 0.2) is 0 Å². The Morgan fingerprint density at radius 1 is 1.06 bits per heavy atom. The van der Waals surface area contributed by atoms with Gasteiger partial charge in [-0.2, -0.15) is 16.9 Å². The smallest absolute Gasteiger partial charge is 0.335 e. The Hall–Kier alpha value is -3.41. The normalized spacial score (nSPS) is 18.2. The number of thiol groups is 1. The minimum atomic E-state index is -3.99. The SMILES string of the molecule is CN(CC(=O)Nc1ccc(C(=O)O)cc1)C(=O)[C@@H]1C[C@@H](S)CN1S(=O)(=O)c1ccc2ccccc2c1. The van der Waals surface area contributed by atoms with Crippen LogP contribution >= 0.6 is 12.6 Å². The largest absolute Gasteiger partial charge is 0.478 e. The van der Waals surface area contributed by atoms with Crippen LogP contribution in [-0.4, -0.2) is 71.9 Å². The van der Waals surface area contributed by atoms with Crippen molar-refractivity contribution in [1.29, 1.82) is 0 Å². The van der Waals surface area contributed by atoms with Gasteiger partial charge in [0.25, 0.3) is 0 Å². The van der Waals surface area contributed by atoms with Crippen LogP contribution < -0.4 is 5.32 Å². The van der Waals surface area contributed by atoms with Crippen molar-refractivity contribution in [3.63, 3.8) is 0 Å². The Kier molecular flexibility index (Phi) is 7.34. The van der Waals surface area contributed by atoms with Crippen LogP contribution in [-0.2, 0) is 19.6 Å². The molecule has 11 heteroatoms. The number of carbonyl (C=O) groups excluding carboxylic acids is 2. The Morgan fingerprint density at radius 2 is 1.72 bits per heavy atom. The van der Waals surface area contributed by atoms with E-state index in [0.29, 0.717) is 5.69 Å². The number of benzene rings is 3. The van der Waals surface area contributed by atoms with Crippen molar-refractivity contribution < 1.29 is 27.9 Å². The summed E-state index contributed by atoms with van der Waals surface area (Å²) in [6, 6.07) is 16.9. The highest BCUT2D eigenvalue weighted by molar-refractivity contribution is 7.89. The van der Waals surface area contributed by atoms with Crippen molar-refractivity contribution in [3.05, 3.63) is 72.3 Å². The molecule has 0 spiro atoms. The molecule has 1 fully saturated rings. The second-order valence-corrected chi connectivity index (χ2v) is 11.2. The number of likely N-dealkylation sites (N-methyl/N-ethyl adjacent to an activating group) is 1. The van der Waals surface area contributed by atoms with Crippen molar-refractivity contribution in [3.8, 4) is 0 Å². The zero-order valence-corrected chi connectivity index (χ0v) is 21.1. The molecule has 3 aromatic rings. The van der Waals surface area contributed by atoms with Gasteiger partial charge in [0.1, 0.15) is 6.04 Å². The first kappa shape index (κ1) is 25.7. The number of sulfonamides is 1. The summed E-state index contributed by atoms with van der Waals surface area (Å²) in [5, 5.41) is 12.9. The molecule has 2 atom stereocenters. The third-order valence-corrected chi connectivity index (χ3v) is 8.26. The van der Waals surface area contributed by atoms with Gasteiger partial charge in [0.2, 0.25) is 21.8 Å². The first-order valence-electron chi connectivity index (χ1n) is 11.1. The standard InChI is InChI=1S/C25H25N3O6S2/c1-27(15-23(29)26-19-9-6-17(7-10-19)25(31)32)24(30)22-13-20(35)14-28(22)36(33,34)21-11-8-16-4-2-3-5-18(16)12-21/h2-12,20,22,35H,13-15H2,1H3,(H,26,29)(H,31,32)/t20-,22+/m1/s1. The lowest BCUT2D eigenvalue weighted by Gasteiger charge is -2.27. The summed E-state index contributed by atoms with van der Waals surface area (Å²) in [7, 11) is -2.56. The van der Waals surface area contributed by atoms with E-state index in [1.807, 2.05) is 24.3 Å². The van der Waals surface area contributed by atoms with Gasteiger partial charge in [-0.05, 0) is 53.6 Å². The van der Waals surface area contributed by atoms with Gasteiger partial charge in [0.05, 0.1) is 17.0 Å². The van der Waals surface area contributed by atoms with E-state index in [9.17, 15) is 22.8 Å². The van der Waals surface area contributed by atoms with E-state index in [4.69, 9.17) is 5.11 Å². The van der Waals surface area contributed by atoms with E-state index in [1.54, 1.807) is 12.1 Å². The van der Waals surface area contributed by atoms with Crippen LogP contribution in [0.4, 0.5) is 5.69 Å². The van der Waals surface area contributed by atoms with Crippen molar-refractivity contribution in [2.45, 2.75) is 22.6 Å². The highest BCUT2D eigenvalue weighted by atomic mass is 32.2. The third kappa shape index (κ3) is 5.38. The van der Waals surface area contributed by atoms with Crippen molar-refractivity contribution in [1.82, 2.24) is 9.21 Å². The molecule has 3 aromatic carbocycles. The van der Waals surface area contributed by atoms with E-state index in [2.05, 4.69) is 17.9 Å². The maximum atomic E-state index is 13.5. The molecule has 36 heavy (non-hydrogen) atoms. The summed E-state index contributed by atoms with van der Waals surface area (Å²) in [6.07, 6.45) is 0.220. The highest BCUT2D eigenvalue weighted by Crippen LogP contribution is 2.31. The second-order valence-electron chi connectivity index (χ2n) is 8.61. The fourth-order valence-corrected chi connectivity index (χ4v) is 6.34. The lowest BCUT2D eigenvalue weighted by Crippen LogP contribution is -2.48. The molecule has 188 valence electrons. The van der Waals surface area contributed by atoms with Crippen molar-refractivity contribution >= 4 is 56.9 Å². The molecule has 2 amide bonds. The average Bonchev–Trinajstić information content (AvgIpc) is 3.25. The summed E-state index contributed by atoms with van der Waals surface area (Å²) in [5.41, 5.74) is 0.457. The fourth-order valence-electron chi connectivity index (χ4n) is 4.18. The quantitative estimate of drug-likeness (QED) is 0.406. The molecule has 4 rings (SSSR count). The number of aromatic carboxylic acids is 1. The number of carboxylic acid groups (broad SMARTS) is 1. The maximum absolute atomic E-state index is 13.5. The first-order chi connectivity index (χ1) is 17.1. The monoisotopic (exact) mass is 527 g/mol. The van der Waals surface area contributed by atoms with Crippen LogP contribution in [0.1, 0.15) is 16.8 Å². The van der Waals surface area contributed by atoms with Gasteiger partial charge < -0.3 is 15.3 Å². The maximum Gasteiger partial charge on any atom is 0.335 e. The predicted octanol–water partition coefficient (Wildman–Crippen LogP) is 2.70. The van der Waals surface area contributed by atoms with Crippen LogP contribution in [0.2, 0.25) is 0 Å². The number of anilines is 1. The van der Waals surface area contributed by atoms with Crippen LogP contribution in [0.25, 0.3) is 10.8 Å². The molecule has 0 unspecified atom stereocenters. The summed E-state index contributed by atoms with van der Waals surface area (Å²) >= 11 is 4.44. The Balaban J connectivity index is 1.47. The Morgan fingerprint density at radius 3 is 2.39 bits per heavy atom. The summed E-state index contributed by atoms with van der Waals surface area (Å²) in [6.45, 7) is -0.234. The third-order valence-electron chi connectivity index (χ3n) is 6.02. The minimum Gasteiger partial charge on any atom is -0.478 e. The van der Waals surface area contributed by atoms with Gasteiger partial charge >= 0.3 is 5.97 Å². The number of carboxylic acids is 1. The molecule has 2 N–H and O–H groups in total. The van der Waals surface area contributed by atoms with Gasteiger partial charge in [-0.1, -0.05) is 30.3 Å². The van der Waals surface area contributed by atoms with E-state index < -0.39 is 33.8 Å². The van der Waals surface area contributed by atoms with E-state index >= 15 is 0 Å². The fraction of sp³-hybridized carbons (Fsp3) is 0.240. The lowest BCUT2D eigenvalue weighted by atomic mass is 10.1. The number of amides is 2. The summed E-state index contributed by atoms with van der Waals surface area (Å²) in [4.78, 5) is 38.0. The molecule has 1 saturated heterocycles. The van der Waals surface area contributed by atoms with Gasteiger partial charge in [-0.3, -0.25) is 9.59 Å². The average molecular weight is 528 g/mol. The molecule has 9 nitrogen and oxygen atoms in total. The molecule has 0 radical (unpaired) electrons. The second kappa shape index (κ2) is 10.3. The molecule has 1 heterocycles.